The SMILES string of the molecule is CC(=O)c1ccc(N=c2scc(-c3ccco3)n2CC2CCCO2)cc1. The maximum atomic E-state index is 11.4. The van der Waals surface area contributed by atoms with E-state index in [1.807, 2.05) is 36.4 Å². The van der Waals surface area contributed by atoms with E-state index < -0.39 is 0 Å². The third-order valence-corrected chi connectivity index (χ3v) is 5.34. The number of ketones is 1. The van der Waals surface area contributed by atoms with Gasteiger partial charge in [-0.15, -0.1) is 11.3 Å². The zero-order chi connectivity index (χ0) is 17.9. The van der Waals surface area contributed by atoms with E-state index in [2.05, 4.69) is 9.95 Å². The first-order valence-electron chi connectivity index (χ1n) is 8.70. The third-order valence-electron chi connectivity index (χ3n) is 4.48. The summed E-state index contributed by atoms with van der Waals surface area (Å²) in [5, 5.41) is 2.07. The molecule has 0 amide bonds. The van der Waals surface area contributed by atoms with Gasteiger partial charge in [0.2, 0.25) is 0 Å². The van der Waals surface area contributed by atoms with Crippen molar-refractivity contribution in [1.29, 1.82) is 0 Å². The first kappa shape index (κ1) is 17.0. The fourth-order valence-corrected chi connectivity index (χ4v) is 4.01. The Bertz CT molecular complexity index is 946. The van der Waals surface area contributed by atoms with Crippen molar-refractivity contribution in [3.05, 3.63) is 58.4 Å². The lowest BCUT2D eigenvalue weighted by Gasteiger charge is -2.13. The summed E-state index contributed by atoms with van der Waals surface area (Å²) in [6, 6.07) is 11.2. The number of hydrogen-bond donors (Lipinski definition) is 0. The number of carbonyl (C=O) groups is 1. The van der Waals surface area contributed by atoms with Crippen LogP contribution in [-0.4, -0.2) is 23.1 Å². The van der Waals surface area contributed by atoms with Gasteiger partial charge in [0.1, 0.15) is 0 Å². The molecule has 134 valence electrons. The van der Waals surface area contributed by atoms with Crippen molar-refractivity contribution in [2.24, 2.45) is 4.99 Å². The summed E-state index contributed by atoms with van der Waals surface area (Å²) in [6.45, 7) is 3.14. The highest BCUT2D eigenvalue weighted by Gasteiger charge is 2.19. The molecule has 4 rings (SSSR count). The lowest BCUT2D eigenvalue weighted by atomic mass is 10.1. The standard InChI is InChI=1S/C20H20N2O3S/c1-14(23)15-6-8-16(9-7-15)21-20-22(12-17-4-2-10-24-17)18(13-26-20)19-5-3-11-25-19/h3,5-9,11,13,17H,2,4,10,12H2,1H3. The molecule has 1 saturated heterocycles. The van der Waals surface area contributed by atoms with E-state index in [0.717, 1.165) is 47.9 Å². The molecule has 1 fully saturated rings. The lowest BCUT2D eigenvalue weighted by molar-refractivity contribution is 0.0967. The molecule has 1 aromatic carbocycles. The van der Waals surface area contributed by atoms with Gasteiger partial charge in [-0.2, -0.15) is 0 Å². The van der Waals surface area contributed by atoms with Crippen LogP contribution in [0.1, 0.15) is 30.1 Å². The zero-order valence-corrected chi connectivity index (χ0v) is 15.4. The molecular weight excluding hydrogens is 348 g/mol. The quantitative estimate of drug-likeness (QED) is 0.626. The molecule has 3 heterocycles. The van der Waals surface area contributed by atoms with Crippen LogP contribution in [0.3, 0.4) is 0 Å². The van der Waals surface area contributed by atoms with Crippen molar-refractivity contribution < 1.29 is 13.9 Å². The van der Waals surface area contributed by atoms with Gasteiger partial charge in [-0.05, 0) is 56.2 Å². The number of carbonyl (C=O) groups excluding carboxylic acids is 1. The summed E-state index contributed by atoms with van der Waals surface area (Å²) in [5.41, 5.74) is 2.53. The van der Waals surface area contributed by atoms with Crippen LogP contribution >= 0.6 is 11.3 Å². The molecule has 1 atom stereocenters. The molecule has 1 unspecified atom stereocenters. The number of ether oxygens (including phenoxy) is 1. The summed E-state index contributed by atoms with van der Waals surface area (Å²) in [5.74, 6) is 0.883. The summed E-state index contributed by atoms with van der Waals surface area (Å²) in [6.07, 6.45) is 4.05. The fourth-order valence-electron chi connectivity index (χ4n) is 3.09. The second-order valence-electron chi connectivity index (χ2n) is 6.34. The molecule has 0 radical (unpaired) electrons. The van der Waals surface area contributed by atoms with Crippen LogP contribution in [0, 0.1) is 0 Å². The Labute approximate surface area is 155 Å². The summed E-state index contributed by atoms with van der Waals surface area (Å²) in [4.78, 5) is 17.1. The molecule has 1 aliphatic rings. The molecule has 3 aromatic rings. The van der Waals surface area contributed by atoms with Crippen LogP contribution in [0.2, 0.25) is 0 Å². The molecule has 6 heteroatoms. The Morgan fingerprint density at radius 1 is 1.31 bits per heavy atom. The molecule has 0 bridgehead atoms. The maximum absolute atomic E-state index is 11.4. The smallest absolute Gasteiger partial charge is 0.190 e. The first-order valence-corrected chi connectivity index (χ1v) is 9.58. The van der Waals surface area contributed by atoms with Gasteiger partial charge in [-0.1, -0.05) is 0 Å². The van der Waals surface area contributed by atoms with Gasteiger partial charge in [0.05, 0.1) is 30.3 Å². The van der Waals surface area contributed by atoms with Gasteiger partial charge in [-0.3, -0.25) is 4.79 Å². The number of rotatable bonds is 5. The average Bonchev–Trinajstić information content (AvgIpc) is 3.39. The van der Waals surface area contributed by atoms with E-state index in [1.54, 1.807) is 24.5 Å². The molecule has 0 aliphatic carbocycles. The Morgan fingerprint density at radius 3 is 2.81 bits per heavy atom. The van der Waals surface area contributed by atoms with Crippen molar-refractivity contribution in [1.82, 2.24) is 4.57 Å². The number of benzene rings is 1. The third kappa shape index (κ3) is 3.57. The number of hydrogen-bond acceptors (Lipinski definition) is 5. The van der Waals surface area contributed by atoms with Crippen LogP contribution in [0.4, 0.5) is 5.69 Å². The summed E-state index contributed by atoms with van der Waals surface area (Å²) >= 11 is 1.58. The maximum Gasteiger partial charge on any atom is 0.190 e. The Morgan fingerprint density at radius 2 is 2.15 bits per heavy atom. The monoisotopic (exact) mass is 368 g/mol. The predicted molar refractivity (Wildman–Crippen MR) is 101 cm³/mol. The van der Waals surface area contributed by atoms with E-state index in [1.165, 1.54) is 0 Å². The highest BCUT2D eigenvalue weighted by molar-refractivity contribution is 7.07. The Balaban J connectivity index is 1.73. The number of thiazole rings is 1. The van der Waals surface area contributed by atoms with E-state index >= 15 is 0 Å². The van der Waals surface area contributed by atoms with E-state index in [9.17, 15) is 4.79 Å². The Hall–Kier alpha value is -2.44. The molecule has 1 aliphatic heterocycles. The van der Waals surface area contributed by atoms with Gasteiger partial charge in [0.25, 0.3) is 0 Å². The van der Waals surface area contributed by atoms with Crippen molar-refractivity contribution in [3.63, 3.8) is 0 Å². The second kappa shape index (κ2) is 7.43. The van der Waals surface area contributed by atoms with E-state index in [4.69, 9.17) is 14.1 Å². The molecule has 0 spiro atoms. The molecule has 5 nitrogen and oxygen atoms in total. The Kier molecular flexibility index (Phi) is 4.86. The predicted octanol–water partition coefficient (Wildman–Crippen LogP) is 4.42. The van der Waals surface area contributed by atoms with Crippen molar-refractivity contribution >= 4 is 22.8 Å². The van der Waals surface area contributed by atoms with Crippen molar-refractivity contribution in [2.45, 2.75) is 32.4 Å². The fraction of sp³-hybridized carbons (Fsp3) is 0.300. The summed E-state index contributed by atoms with van der Waals surface area (Å²) < 4.78 is 13.6. The van der Waals surface area contributed by atoms with Gasteiger partial charge >= 0.3 is 0 Å². The van der Waals surface area contributed by atoms with Crippen LogP contribution < -0.4 is 4.80 Å². The van der Waals surface area contributed by atoms with Crippen LogP contribution in [0.15, 0.2) is 57.5 Å². The molecule has 26 heavy (non-hydrogen) atoms. The number of Topliss-reactive ketones (excluding diaryl/α,β-unsaturated/α-hetero) is 1. The first-order chi connectivity index (χ1) is 12.7. The molecule has 2 aromatic heterocycles. The zero-order valence-electron chi connectivity index (χ0n) is 14.6. The highest BCUT2D eigenvalue weighted by atomic mass is 32.1. The van der Waals surface area contributed by atoms with Gasteiger partial charge in [0, 0.05) is 17.6 Å². The normalized spacial score (nSPS) is 17.7. The van der Waals surface area contributed by atoms with Crippen molar-refractivity contribution in [2.75, 3.05) is 6.61 Å². The van der Waals surface area contributed by atoms with Crippen LogP contribution in [0.5, 0.6) is 0 Å². The topological polar surface area (TPSA) is 56.7 Å². The minimum absolute atomic E-state index is 0.0567. The largest absolute Gasteiger partial charge is 0.463 e. The van der Waals surface area contributed by atoms with Crippen molar-refractivity contribution in [3.8, 4) is 11.5 Å². The number of furan rings is 1. The highest BCUT2D eigenvalue weighted by Crippen LogP contribution is 2.23. The van der Waals surface area contributed by atoms with Gasteiger partial charge in [0.15, 0.2) is 16.3 Å². The minimum Gasteiger partial charge on any atom is -0.463 e. The average molecular weight is 368 g/mol. The summed E-state index contributed by atoms with van der Waals surface area (Å²) in [7, 11) is 0. The minimum atomic E-state index is 0.0567. The second-order valence-corrected chi connectivity index (χ2v) is 7.18. The molecule has 0 N–H and O–H groups in total. The lowest BCUT2D eigenvalue weighted by Crippen LogP contribution is -2.23. The number of aromatic nitrogens is 1. The molecule has 0 saturated carbocycles. The molecular formula is C20H20N2O3S. The van der Waals surface area contributed by atoms with E-state index in [0.29, 0.717) is 5.56 Å². The van der Waals surface area contributed by atoms with E-state index in [-0.39, 0.29) is 11.9 Å². The van der Waals surface area contributed by atoms with Crippen LogP contribution in [-0.2, 0) is 11.3 Å². The van der Waals surface area contributed by atoms with Gasteiger partial charge in [-0.25, -0.2) is 4.99 Å². The van der Waals surface area contributed by atoms with Crippen LogP contribution in [0.25, 0.3) is 11.5 Å². The van der Waals surface area contributed by atoms with Gasteiger partial charge < -0.3 is 13.7 Å². The number of nitrogens with zero attached hydrogens (tertiary/aromatic N) is 2.